The largest absolute Gasteiger partial charge is 0.477 e. The number of aryl methyl sites for hydroxylation is 1. The zero-order valence-corrected chi connectivity index (χ0v) is 11.5. The zero-order chi connectivity index (χ0) is 13.3. The van der Waals surface area contributed by atoms with E-state index in [1.54, 1.807) is 12.3 Å². The van der Waals surface area contributed by atoms with Gasteiger partial charge in [-0.1, -0.05) is 0 Å². The quantitative estimate of drug-likeness (QED) is 0.900. The summed E-state index contributed by atoms with van der Waals surface area (Å²) in [4.78, 5) is 14.4. The highest BCUT2D eigenvalue weighted by Crippen LogP contribution is 2.25. The molecule has 96 valence electrons. The molecule has 0 aliphatic rings. The lowest BCUT2D eigenvalue weighted by Crippen LogP contribution is -2.15. The van der Waals surface area contributed by atoms with Crippen molar-refractivity contribution in [2.75, 3.05) is 4.72 Å². The van der Waals surface area contributed by atoms with Crippen molar-refractivity contribution >= 4 is 43.8 Å². The number of rotatable bonds is 4. The smallest absolute Gasteiger partial charge is 0.347 e. The number of aromatic carboxylic acids is 1. The third-order valence-electron chi connectivity index (χ3n) is 1.95. The number of hydrogen-bond donors (Lipinski definition) is 2. The molecule has 18 heavy (non-hydrogen) atoms. The molecule has 9 heteroatoms. The molecule has 2 aromatic rings. The molecular weight excluding hydrogens is 296 g/mol. The number of carboxylic acid groups (broad SMARTS) is 1. The van der Waals surface area contributed by atoms with Crippen molar-refractivity contribution in [3.05, 3.63) is 27.4 Å². The summed E-state index contributed by atoms with van der Waals surface area (Å²) in [5.74, 6) is -1.26. The maximum absolute atomic E-state index is 12.0. The maximum Gasteiger partial charge on any atom is 0.347 e. The second kappa shape index (κ2) is 4.67. The number of hydrogen-bond acceptors (Lipinski definition) is 6. The lowest BCUT2D eigenvalue weighted by Gasteiger charge is -2.03. The lowest BCUT2D eigenvalue weighted by molar-refractivity contribution is 0.0698. The Morgan fingerprint density at radius 1 is 1.44 bits per heavy atom. The van der Waals surface area contributed by atoms with E-state index in [1.807, 2.05) is 0 Å². The summed E-state index contributed by atoms with van der Waals surface area (Å²) >= 11 is 2.01. The Balaban J connectivity index is 2.37. The average Bonchev–Trinajstić information content (AvgIpc) is 2.86. The van der Waals surface area contributed by atoms with Gasteiger partial charge < -0.3 is 5.11 Å². The van der Waals surface area contributed by atoms with Gasteiger partial charge in [0, 0.05) is 5.38 Å². The molecule has 0 fully saturated rings. The molecule has 0 unspecified atom stereocenters. The van der Waals surface area contributed by atoms with Gasteiger partial charge in [-0.2, -0.15) is 0 Å². The normalized spacial score (nSPS) is 11.4. The van der Waals surface area contributed by atoms with Gasteiger partial charge in [-0.05, 0) is 18.4 Å². The number of nitrogens with zero attached hydrogens (tertiary/aromatic N) is 1. The monoisotopic (exact) mass is 304 g/mol. The average molecular weight is 304 g/mol. The van der Waals surface area contributed by atoms with Crippen LogP contribution in [-0.2, 0) is 10.0 Å². The molecule has 0 aliphatic carbocycles. The number of nitrogens with one attached hydrogen (secondary N) is 1. The van der Waals surface area contributed by atoms with Gasteiger partial charge in [-0.15, -0.1) is 22.7 Å². The molecule has 2 heterocycles. The van der Waals surface area contributed by atoms with Crippen LogP contribution in [0.5, 0.6) is 0 Å². The van der Waals surface area contributed by atoms with E-state index in [2.05, 4.69) is 9.71 Å². The van der Waals surface area contributed by atoms with Crippen LogP contribution in [0.1, 0.15) is 15.4 Å². The van der Waals surface area contributed by atoms with Gasteiger partial charge in [-0.25, -0.2) is 18.2 Å². The molecule has 0 bridgehead atoms. The van der Waals surface area contributed by atoms with Crippen molar-refractivity contribution in [2.45, 2.75) is 11.8 Å². The minimum absolute atomic E-state index is 0.212. The Morgan fingerprint density at radius 2 is 2.17 bits per heavy atom. The van der Waals surface area contributed by atoms with E-state index in [9.17, 15) is 13.2 Å². The fraction of sp³-hybridized carbons (Fsp3) is 0.111. The standard InChI is InChI=1S/C9H8N2O4S3/c1-5-4-17-9(10-5)11-18(14,15)6-2-3-16-7(6)8(12)13/h2-4H,1H3,(H,10,11)(H,12,13). The molecule has 2 aromatic heterocycles. The third kappa shape index (κ3) is 2.52. The highest BCUT2D eigenvalue weighted by Gasteiger charge is 2.24. The minimum Gasteiger partial charge on any atom is -0.477 e. The summed E-state index contributed by atoms with van der Waals surface area (Å²) < 4.78 is 26.3. The minimum atomic E-state index is -3.90. The Morgan fingerprint density at radius 3 is 2.72 bits per heavy atom. The molecule has 0 atom stereocenters. The van der Waals surface area contributed by atoms with E-state index in [1.165, 1.54) is 11.4 Å². The van der Waals surface area contributed by atoms with Crippen LogP contribution in [0.15, 0.2) is 21.7 Å². The van der Waals surface area contributed by atoms with Crippen molar-refractivity contribution in [1.29, 1.82) is 0 Å². The molecule has 0 saturated carbocycles. The van der Waals surface area contributed by atoms with Gasteiger partial charge in [-0.3, -0.25) is 4.72 Å². The van der Waals surface area contributed by atoms with Crippen LogP contribution in [-0.4, -0.2) is 24.5 Å². The molecule has 0 radical (unpaired) electrons. The van der Waals surface area contributed by atoms with Crippen LogP contribution in [0.4, 0.5) is 5.13 Å². The number of sulfonamides is 1. The summed E-state index contributed by atoms with van der Waals surface area (Å²) in [7, 11) is -3.90. The first-order valence-electron chi connectivity index (χ1n) is 4.66. The Bertz CT molecular complexity index is 686. The summed E-state index contributed by atoms with van der Waals surface area (Å²) in [6.45, 7) is 1.74. The Labute approximate surface area is 111 Å². The SMILES string of the molecule is Cc1csc(NS(=O)(=O)c2ccsc2C(=O)O)n1. The molecule has 0 amide bonds. The molecule has 6 nitrogen and oxygen atoms in total. The number of anilines is 1. The van der Waals surface area contributed by atoms with E-state index in [-0.39, 0.29) is 14.9 Å². The van der Waals surface area contributed by atoms with E-state index in [4.69, 9.17) is 5.11 Å². The predicted molar refractivity (Wildman–Crippen MR) is 68.9 cm³/mol. The topological polar surface area (TPSA) is 96.4 Å². The van der Waals surface area contributed by atoms with Gasteiger partial charge >= 0.3 is 5.97 Å². The summed E-state index contributed by atoms with van der Waals surface area (Å²) in [6.07, 6.45) is 0. The molecule has 0 aliphatic heterocycles. The number of thiazole rings is 1. The maximum atomic E-state index is 12.0. The molecule has 2 N–H and O–H groups in total. The Hall–Kier alpha value is -1.45. The first-order chi connectivity index (χ1) is 8.40. The van der Waals surface area contributed by atoms with Crippen LogP contribution < -0.4 is 4.72 Å². The molecule has 0 saturated heterocycles. The van der Waals surface area contributed by atoms with Crippen molar-refractivity contribution in [3.63, 3.8) is 0 Å². The van der Waals surface area contributed by atoms with Gasteiger partial charge in [0.15, 0.2) is 5.13 Å². The van der Waals surface area contributed by atoms with Crippen LogP contribution in [0.3, 0.4) is 0 Å². The first-order valence-corrected chi connectivity index (χ1v) is 7.90. The number of thiophene rings is 1. The van der Waals surface area contributed by atoms with Crippen molar-refractivity contribution in [3.8, 4) is 0 Å². The molecule has 0 spiro atoms. The second-order valence-corrected chi connectivity index (χ2v) is 6.74. The molecular formula is C9H8N2O4S3. The first kappa shape index (κ1) is 13.0. The zero-order valence-electron chi connectivity index (χ0n) is 9.08. The fourth-order valence-corrected chi connectivity index (χ4v) is 4.44. The van der Waals surface area contributed by atoms with Gasteiger partial charge in [0.1, 0.15) is 9.77 Å². The summed E-state index contributed by atoms with van der Waals surface area (Å²) in [5.41, 5.74) is 0.696. The van der Waals surface area contributed by atoms with E-state index in [0.717, 1.165) is 22.7 Å². The highest BCUT2D eigenvalue weighted by atomic mass is 32.2. The van der Waals surface area contributed by atoms with E-state index < -0.39 is 16.0 Å². The van der Waals surface area contributed by atoms with Crippen molar-refractivity contribution in [1.82, 2.24) is 4.98 Å². The summed E-state index contributed by atoms with van der Waals surface area (Å²) in [6, 6.07) is 1.26. The number of carboxylic acids is 1. The van der Waals surface area contributed by atoms with Crippen molar-refractivity contribution in [2.24, 2.45) is 0 Å². The number of carbonyl (C=O) groups is 1. The second-order valence-electron chi connectivity index (χ2n) is 3.32. The van der Waals surface area contributed by atoms with Gasteiger partial charge in [0.05, 0.1) is 5.69 Å². The van der Waals surface area contributed by atoms with Gasteiger partial charge in [0.25, 0.3) is 10.0 Å². The molecule has 0 aromatic carbocycles. The van der Waals surface area contributed by atoms with E-state index in [0.29, 0.717) is 5.69 Å². The van der Waals surface area contributed by atoms with Crippen molar-refractivity contribution < 1.29 is 18.3 Å². The molecule has 2 rings (SSSR count). The summed E-state index contributed by atoms with van der Waals surface area (Å²) in [5, 5.41) is 12.2. The van der Waals surface area contributed by atoms with Crippen LogP contribution in [0.2, 0.25) is 0 Å². The van der Waals surface area contributed by atoms with Crippen LogP contribution in [0, 0.1) is 6.92 Å². The number of aromatic nitrogens is 1. The van der Waals surface area contributed by atoms with Crippen LogP contribution in [0.25, 0.3) is 0 Å². The predicted octanol–water partition coefficient (Wildman–Crippen LogP) is 2.01. The third-order valence-corrected chi connectivity index (χ3v) is 5.37. The lowest BCUT2D eigenvalue weighted by atomic mass is 10.5. The highest BCUT2D eigenvalue weighted by molar-refractivity contribution is 7.93. The fourth-order valence-electron chi connectivity index (χ4n) is 1.24. The van der Waals surface area contributed by atoms with E-state index >= 15 is 0 Å². The van der Waals surface area contributed by atoms with Gasteiger partial charge in [0.2, 0.25) is 0 Å². The Kier molecular flexibility index (Phi) is 3.37. The van der Waals surface area contributed by atoms with Crippen LogP contribution >= 0.6 is 22.7 Å².